The normalized spacial score (nSPS) is 13.6. The van der Waals surface area contributed by atoms with Crippen molar-refractivity contribution in [2.24, 2.45) is 0 Å². The lowest BCUT2D eigenvalue weighted by atomic mass is 10.3. The predicted octanol–water partition coefficient (Wildman–Crippen LogP) is 2.87. The Balaban J connectivity index is 2.63. The van der Waals surface area contributed by atoms with Crippen molar-refractivity contribution in [3.63, 3.8) is 0 Å². The summed E-state index contributed by atoms with van der Waals surface area (Å²) in [4.78, 5) is 0.295. The molecule has 0 aliphatic rings. The molecule has 0 heterocycles. The topological polar surface area (TPSA) is 46.2 Å². The van der Waals surface area contributed by atoms with Crippen molar-refractivity contribution < 1.29 is 8.42 Å². The lowest BCUT2D eigenvalue weighted by Crippen LogP contribution is -2.26. The summed E-state index contributed by atoms with van der Waals surface area (Å²) in [6.45, 7) is 2.55. The Morgan fingerprint density at radius 1 is 1.47 bits per heavy atom. The first-order valence-electron chi connectivity index (χ1n) is 5.24. The van der Waals surface area contributed by atoms with Gasteiger partial charge in [-0.25, -0.2) is 13.1 Å². The Morgan fingerprint density at radius 2 is 2.18 bits per heavy atom. The molecule has 1 aromatic carbocycles. The van der Waals surface area contributed by atoms with E-state index in [1.165, 1.54) is 0 Å². The molecule has 0 aliphatic heterocycles. The standard InChI is InChI=1S/C11H16BrNO2S2/c1-9(16-2)6-7-13-17(14,15)11-5-3-4-10(12)8-11/h3-5,8-9,13H,6-7H2,1-2H3. The molecule has 0 fully saturated rings. The molecule has 3 nitrogen and oxygen atoms in total. The molecule has 0 bridgehead atoms. The van der Waals surface area contributed by atoms with E-state index in [1.54, 1.807) is 36.0 Å². The minimum Gasteiger partial charge on any atom is -0.211 e. The lowest BCUT2D eigenvalue weighted by Gasteiger charge is -2.10. The fraction of sp³-hybridized carbons (Fsp3) is 0.455. The van der Waals surface area contributed by atoms with Crippen LogP contribution in [0.25, 0.3) is 0 Å². The first-order chi connectivity index (χ1) is 7.95. The van der Waals surface area contributed by atoms with E-state index in [-0.39, 0.29) is 0 Å². The highest BCUT2D eigenvalue weighted by atomic mass is 79.9. The van der Waals surface area contributed by atoms with Gasteiger partial charge in [-0.2, -0.15) is 11.8 Å². The van der Waals surface area contributed by atoms with Crippen LogP contribution in [0.2, 0.25) is 0 Å². The van der Waals surface area contributed by atoms with Crippen LogP contribution >= 0.6 is 27.7 Å². The maximum Gasteiger partial charge on any atom is 0.240 e. The van der Waals surface area contributed by atoms with Gasteiger partial charge in [-0.15, -0.1) is 0 Å². The van der Waals surface area contributed by atoms with Gasteiger partial charge >= 0.3 is 0 Å². The molecule has 6 heteroatoms. The van der Waals surface area contributed by atoms with Gasteiger partial charge in [-0.1, -0.05) is 28.9 Å². The van der Waals surface area contributed by atoms with Crippen LogP contribution in [0.15, 0.2) is 33.6 Å². The van der Waals surface area contributed by atoms with E-state index in [9.17, 15) is 8.42 Å². The van der Waals surface area contributed by atoms with Crippen LogP contribution in [0.3, 0.4) is 0 Å². The minimum atomic E-state index is -3.38. The van der Waals surface area contributed by atoms with Gasteiger partial charge in [0.05, 0.1) is 4.90 Å². The Bertz CT molecular complexity index is 462. The smallest absolute Gasteiger partial charge is 0.211 e. The predicted molar refractivity (Wildman–Crippen MR) is 76.9 cm³/mol. The third-order valence-electron chi connectivity index (χ3n) is 2.35. The van der Waals surface area contributed by atoms with Crippen molar-refractivity contribution in [3.8, 4) is 0 Å². The summed E-state index contributed by atoms with van der Waals surface area (Å²) in [6, 6.07) is 6.70. The molecule has 1 aromatic rings. The number of hydrogen-bond donors (Lipinski definition) is 1. The van der Waals surface area contributed by atoms with Gasteiger partial charge in [-0.3, -0.25) is 0 Å². The van der Waals surface area contributed by atoms with Gasteiger partial charge in [0.1, 0.15) is 0 Å². The summed E-state index contributed by atoms with van der Waals surface area (Å²) < 4.78 is 27.2. The minimum absolute atomic E-state index is 0.295. The van der Waals surface area contributed by atoms with E-state index in [2.05, 4.69) is 27.6 Å². The number of benzene rings is 1. The van der Waals surface area contributed by atoms with Crippen LogP contribution < -0.4 is 4.72 Å². The quantitative estimate of drug-likeness (QED) is 0.868. The molecule has 0 aliphatic carbocycles. The third kappa shape index (κ3) is 4.99. The van der Waals surface area contributed by atoms with Crippen LogP contribution in [0.1, 0.15) is 13.3 Å². The van der Waals surface area contributed by atoms with E-state index in [0.29, 0.717) is 16.7 Å². The molecule has 1 N–H and O–H groups in total. The van der Waals surface area contributed by atoms with Gasteiger partial charge in [-0.05, 0) is 30.9 Å². The van der Waals surface area contributed by atoms with E-state index in [4.69, 9.17) is 0 Å². The van der Waals surface area contributed by atoms with Gasteiger partial charge in [0.25, 0.3) is 0 Å². The van der Waals surface area contributed by atoms with Gasteiger partial charge in [0, 0.05) is 16.3 Å². The number of sulfonamides is 1. The molecule has 96 valence electrons. The molecule has 17 heavy (non-hydrogen) atoms. The Morgan fingerprint density at radius 3 is 2.76 bits per heavy atom. The maximum absolute atomic E-state index is 11.9. The Labute approximate surface area is 116 Å². The number of thioether (sulfide) groups is 1. The summed E-state index contributed by atoms with van der Waals surface area (Å²) >= 11 is 4.99. The molecule has 1 unspecified atom stereocenters. The molecule has 0 saturated heterocycles. The molecule has 0 saturated carbocycles. The third-order valence-corrected chi connectivity index (χ3v) is 5.34. The summed E-state index contributed by atoms with van der Waals surface area (Å²) in [5.74, 6) is 0. The van der Waals surface area contributed by atoms with E-state index in [1.807, 2.05) is 6.26 Å². The van der Waals surface area contributed by atoms with E-state index < -0.39 is 10.0 Å². The van der Waals surface area contributed by atoms with E-state index >= 15 is 0 Å². The summed E-state index contributed by atoms with van der Waals surface area (Å²) in [7, 11) is -3.38. The number of halogens is 1. The molecule has 0 spiro atoms. The SMILES string of the molecule is CSC(C)CCNS(=O)(=O)c1cccc(Br)c1. The van der Waals surface area contributed by atoms with Crippen molar-refractivity contribution >= 4 is 37.7 Å². The Kier molecular flexibility index (Phi) is 5.99. The first-order valence-corrected chi connectivity index (χ1v) is 8.80. The average Bonchev–Trinajstić information content (AvgIpc) is 2.28. The van der Waals surface area contributed by atoms with Gasteiger partial charge < -0.3 is 0 Å². The van der Waals surface area contributed by atoms with Crippen LogP contribution in [-0.4, -0.2) is 26.5 Å². The zero-order valence-corrected chi connectivity index (χ0v) is 13.0. The monoisotopic (exact) mass is 337 g/mol. The second-order valence-electron chi connectivity index (χ2n) is 3.69. The van der Waals surface area contributed by atoms with Crippen molar-refractivity contribution in [2.75, 3.05) is 12.8 Å². The molecule has 1 atom stereocenters. The van der Waals surface area contributed by atoms with Crippen molar-refractivity contribution in [1.29, 1.82) is 0 Å². The van der Waals surface area contributed by atoms with Crippen LogP contribution in [0.4, 0.5) is 0 Å². The highest BCUT2D eigenvalue weighted by Gasteiger charge is 2.13. The van der Waals surface area contributed by atoms with Crippen LogP contribution in [0.5, 0.6) is 0 Å². The number of hydrogen-bond acceptors (Lipinski definition) is 3. The second-order valence-corrected chi connectivity index (χ2v) is 7.65. The zero-order valence-electron chi connectivity index (χ0n) is 9.81. The lowest BCUT2D eigenvalue weighted by molar-refractivity contribution is 0.579. The fourth-order valence-electron chi connectivity index (χ4n) is 1.23. The number of rotatable bonds is 6. The number of nitrogens with one attached hydrogen (secondary N) is 1. The second kappa shape index (κ2) is 6.78. The van der Waals surface area contributed by atoms with Crippen molar-refractivity contribution in [3.05, 3.63) is 28.7 Å². The molecule has 1 rings (SSSR count). The average molecular weight is 338 g/mol. The van der Waals surface area contributed by atoms with Crippen LogP contribution in [0, 0.1) is 0 Å². The molecule has 0 aromatic heterocycles. The van der Waals surface area contributed by atoms with Crippen molar-refractivity contribution in [2.45, 2.75) is 23.5 Å². The van der Waals surface area contributed by atoms with E-state index in [0.717, 1.165) is 10.9 Å². The Hall–Kier alpha value is -0.0400. The molecule has 0 amide bonds. The summed E-state index contributed by atoms with van der Waals surface area (Å²) in [5.41, 5.74) is 0. The first kappa shape index (κ1) is 15.0. The molecule has 0 radical (unpaired) electrons. The highest BCUT2D eigenvalue weighted by Crippen LogP contribution is 2.16. The molecular formula is C11H16BrNO2S2. The van der Waals surface area contributed by atoms with Crippen LogP contribution in [-0.2, 0) is 10.0 Å². The summed E-state index contributed by atoms with van der Waals surface area (Å²) in [6.07, 6.45) is 2.85. The highest BCUT2D eigenvalue weighted by molar-refractivity contribution is 9.10. The van der Waals surface area contributed by atoms with Crippen molar-refractivity contribution in [1.82, 2.24) is 4.72 Å². The fourth-order valence-corrected chi connectivity index (χ4v) is 3.23. The molecular weight excluding hydrogens is 322 g/mol. The maximum atomic E-state index is 11.9. The van der Waals surface area contributed by atoms with Gasteiger partial charge in [0.2, 0.25) is 10.0 Å². The largest absolute Gasteiger partial charge is 0.240 e. The summed E-state index contributed by atoms with van der Waals surface area (Å²) in [5, 5.41) is 0.459. The zero-order chi connectivity index (χ0) is 12.9. The van der Waals surface area contributed by atoms with Gasteiger partial charge in [0.15, 0.2) is 0 Å².